The van der Waals surface area contributed by atoms with E-state index in [0.717, 1.165) is 0 Å². The minimum absolute atomic E-state index is 0.0874. The number of ether oxygens (including phenoxy) is 3. The third-order valence-electron chi connectivity index (χ3n) is 1.32. The van der Waals surface area contributed by atoms with Crippen LogP contribution in [-0.2, 0) is 19.0 Å². The van der Waals surface area contributed by atoms with Crippen LogP contribution < -0.4 is 5.32 Å². The van der Waals surface area contributed by atoms with Gasteiger partial charge in [0.15, 0.2) is 0 Å². The van der Waals surface area contributed by atoms with Crippen molar-refractivity contribution in [1.29, 1.82) is 0 Å². The number of carbonyl (C=O) groups is 1. The molecule has 92 valence electrons. The summed E-state index contributed by atoms with van der Waals surface area (Å²) >= 11 is 0. The molecule has 0 atom stereocenters. The third kappa shape index (κ3) is 16.1. The molecule has 0 rings (SSSR count). The molecule has 1 N–H and O–H groups in total. The molecule has 0 aliphatic heterocycles. The van der Waals surface area contributed by atoms with Gasteiger partial charge in [-0.05, 0) is 0 Å². The normalized spacial score (nSPS) is 9.07. The fourth-order valence-corrected chi connectivity index (χ4v) is 0.599. The quantitative estimate of drug-likeness (QED) is 0.604. The van der Waals surface area contributed by atoms with E-state index in [-0.39, 0.29) is 12.5 Å². The maximum absolute atomic E-state index is 10.7. The van der Waals surface area contributed by atoms with Crippen molar-refractivity contribution in [1.82, 2.24) is 5.32 Å². The monoisotopic (exact) mass is 221 g/mol. The number of amides is 1. The Morgan fingerprint density at radius 2 is 1.60 bits per heavy atom. The molecule has 0 unspecified atom stereocenters. The van der Waals surface area contributed by atoms with E-state index in [2.05, 4.69) is 5.32 Å². The highest BCUT2D eigenvalue weighted by molar-refractivity contribution is 5.76. The first-order chi connectivity index (χ1) is 7.31. The highest BCUT2D eigenvalue weighted by atomic mass is 16.5. The van der Waals surface area contributed by atoms with Crippen molar-refractivity contribution >= 4 is 5.91 Å². The average molecular weight is 221 g/mol. The molecule has 5 nitrogen and oxygen atoms in total. The van der Waals surface area contributed by atoms with Crippen molar-refractivity contribution in [2.75, 3.05) is 47.2 Å². The van der Waals surface area contributed by atoms with Crippen molar-refractivity contribution < 1.29 is 19.0 Å². The minimum Gasteiger partial charge on any atom is -0.382 e. The Hall–Kier alpha value is -0.650. The summed E-state index contributed by atoms with van der Waals surface area (Å²) in [5.41, 5.74) is 0. The van der Waals surface area contributed by atoms with Gasteiger partial charge in [0.1, 0.15) is 6.61 Å². The molecule has 0 aliphatic rings. The van der Waals surface area contributed by atoms with Crippen LogP contribution in [0.25, 0.3) is 0 Å². The zero-order chi connectivity index (χ0) is 11.9. The molecule has 5 heteroatoms. The van der Waals surface area contributed by atoms with Crippen molar-refractivity contribution in [3.05, 3.63) is 0 Å². The van der Waals surface area contributed by atoms with Gasteiger partial charge in [0.2, 0.25) is 5.91 Å². The molecule has 0 saturated carbocycles. The highest BCUT2D eigenvalue weighted by Crippen LogP contribution is 1.79. The third-order valence-corrected chi connectivity index (χ3v) is 1.32. The molecule has 15 heavy (non-hydrogen) atoms. The van der Waals surface area contributed by atoms with Crippen molar-refractivity contribution in [2.24, 2.45) is 0 Å². The molecule has 1 amide bonds. The van der Waals surface area contributed by atoms with E-state index in [4.69, 9.17) is 14.2 Å². The largest absolute Gasteiger partial charge is 0.382 e. The summed E-state index contributed by atoms with van der Waals surface area (Å²) in [6.07, 6.45) is 0. The van der Waals surface area contributed by atoms with Crippen LogP contribution in [0.15, 0.2) is 0 Å². The number of carbonyl (C=O) groups excluding carboxylic acids is 1. The second-order valence-electron chi connectivity index (χ2n) is 2.33. The summed E-state index contributed by atoms with van der Waals surface area (Å²) < 4.78 is 14.9. The van der Waals surface area contributed by atoms with Crippen LogP contribution in [0.4, 0.5) is 0 Å². The molecule has 0 saturated heterocycles. The van der Waals surface area contributed by atoms with Gasteiger partial charge in [0.25, 0.3) is 0 Å². The van der Waals surface area contributed by atoms with E-state index in [1.807, 2.05) is 13.8 Å². The first-order valence-corrected chi connectivity index (χ1v) is 5.16. The van der Waals surface area contributed by atoms with Gasteiger partial charge in [0, 0.05) is 14.2 Å². The lowest BCUT2D eigenvalue weighted by molar-refractivity contribution is -0.125. The molecule has 0 aromatic rings. The molecule has 0 bridgehead atoms. The fraction of sp³-hybridized carbons (Fsp3) is 0.900. The molecule has 0 aromatic heterocycles. The van der Waals surface area contributed by atoms with Crippen LogP contribution in [0.1, 0.15) is 13.8 Å². The summed E-state index contributed by atoms with van der Waals surface area (Å²) in [6.45, 7) is 6.14. The van der Waals surface area contributed by atoms with Crippen molar-refractivity contribution in [2.45, 2.75) is 13.8 Å². The summed E-state index contributed by atoms with van der Waals surface area (Å²) in [7, 11) is 3.19. The summed E-state index contributed by atoms with van der Waals surface area (Å²) in [4.78, 5) is 10.7. The summed E-state index contributed by atoms with van der Waals surface area (Å²) in [5.74, 6) is -0.128. The van der Waals surface area contributed by atoms with Crippen LogP contribution in [0.3, 0.4) is 0 Å². The van der Waals surface area contributed by atoms with Crippen LogP contribution in [0, 0.1) is 0 Å². The summed E-state index contributed by atoms with van der Waals surface area (Å²) in [6, 6.07) is 0. The maximum Gasteiger partial charge on any atom is 0.245 e. The zero-order valence-corrected chi connectivity index (χ0v) is 10.2. The Bertz CT molecular complexity index is 131. The molecule has 0 aliphatic carbocycles. The summed E-state index contributed by atoms with van der Waals surface area (Å²) in [5, 5.41) is 2.45. The first kappa shape index (κ1) is 16.8. The molecule has 0 spiro atoms. The number of hydrogen-bond donors (Lipinski definition) is 1. The van der Waals surface area contributed by atoms with Crippen LogP contribution in [-0.4, -0.2) is 53.1 Å². The molecular weight excluding hydrogens is 198 g/mol. The lowest BCUT2D eigenvalue weighted by atomic mass is 10.6. The first-order valence-electron chi connectivity index (χ1n) is 5.16. The number of rotatable bonds is 8. The highest BCUT2D eigenvalue weighted by Gasteiger charge is 1.96. The Kier molecular flexibility index (Phi) is 17.7. The molecule has 0 fully saturated rings. The number of likely N-dealkylation sites (N-methyl/N-ethyl adjacent to an activating group) is 1. The topological polar surface area (TPSA) is 56.8 Å². The van der Waals surface area contributed by atoms with Crippen LogP contribution in [0.2, 0.25) is 0 Å². The Morgan fingerprint density at radius 1 is 1.07 bits per heavy atom. The van der Waals surface area contributed by atoms with E-state index in [1.54, 1.807) is 14.2 Å². The molecule has 0 radical (unpaired) electrons. The van der Waals surface area contributed by atoms with Crippen LogP contribution in [0.5, 0.6) is 0 Å². The Morgan fingerprint density at radius 3 is 2.13 bits per heavy atom. The minimum atomic E-state index is -0.128. The van der Waals surface area contributed by atoms with Gasteiger partial charge < -0.3 is 19.5 Å². The smallest absolute Gasteiger partial charge is 0.245 e. The van der Waals surface area contributed by atoms with Crippen molar-refractivity contribution in [3.63, 3.8) is 0 Å². The predicted octanol–water partition coefficient (Wildman–Crippen LogP) is 0.438. The van der Waals surface area contributed by atoms with E-state index in [0.29, 0.717) is 26.4 Å². The van der Waals surface area contributed by atoms with Gasteiger partial charge in [-0.25, -0.2) is 0 Å². The SMILES string of the molecule is CC.CNC(=O)COCCOCCOC. The van der Waals surface area contributed by atoms with E-state index in [9.17, 15) is 4.79 Å². The van der Waals surface area contributed by atoms with Crippen molar-refractivity contribution in [3.8, 4) is 0 Å². The Labute approximate surface area is 92.1 Å². The van der Waals surface area contributed by atoms with Gasteiger partial charge in [-0.3, -0.25) is 4.79 Å². The predicted molar refractivity (Wildman–Crippen MR) is 58.9 cm³/mol. The van der Waals surface area contributed by atoms with E-state index < -0.39 is 0 Å². The number of methoxy groups -OCH3 is 1. The molecule has 0 aromatic carbocycles. The van der Waals surface area contributed by atoms with Crippen LogP contribution >= 0.6 is 0 Å². The van der Waals surface area contributed by atoms with Gasteiger partial charge in [-0.2, -0.15) is 0 Å². The number of nitrogens with one attached hydrogen (secondary N) is 1. The van der Waals surface area contributed by atoms with Gasteiger partial charge in [-0.15, -0.1) is 0 Å². The van der Waals surface area contributed by atoms with Gasteiger partial charge >= 0.3 is 0 Å². The number of hydrogen-bond acceptors (Lipinski definition) is 4. The molecule has 0 heterocycles. The standard InChI is InChI=1S/C8H17NO4.C2H6/c1-9-8(10)7-13-6-5-12-4-3-11-2;1-2/h3-7H2,1-2H3,(H,9,10);1-2H3. The Balaban J connectivity index is 0. The average Bonchev–Trinajstić information content (AvgIpc) is 2.30. The zero-order valence-electron chi connectivity index (χ0n) is 10.2. The van der Waals surface area contributed by atoms with Gasteiger partial charge in [-0.1, -0.05) is 13.8 Å². The molecular formula is C10H23NO4. The second-order valence-corrected chi connectivity index (χ2v) is 2.33. The van der Waals surface area contributed by atoms with E-state index >= 15 is 0 Å². The maximum atomic E-state index is 10.7. The van der Waals surface area contributed by atoms with Gasteiger partial charge in [0.05, 0.1) is 26.4 Å². The lowest BCUT2D eigenvalue weighted by Crippen LogP contribution is -2.24. The van der Waals surface area contributed by atoms with E-state index in [1.165, 1.54) is 0 Å². The fourth-order valence-electron chi connectivity index (χ4n) is 0.599. The lowest BCUT2D eigenvalue weighted by Gasteiger charge is -2.04. The second kappa shape index (κ2) is 15.8.